The molecule has 0 fully saturated rings. The molecule has 1 heterocycles. The maximum absolute atomic E-state index is 13.1. The summed E-state index contributed by atoms with van der Waals surface area (Å²) in [4.78, 5) is 13.0. The average molecular weight is 483 g/mol. The molecule has 7 nitrogen and oxygen atoms in total. The van der Waals surface area contributed by atoms with Gasteiger partial charge in [-0.3, -0.25) is 9.10 Å². The van der Waals surface area contributed by atoms with Crippen LogP contribution < -0.4 is 14.4 Å². The molecule has 0 saturated heterocycles. The first-order chi connectivity index (χ1) is 14.8. The van der Waals surface area contributed by atoms with Crippen LogP contribution in [0.5, 0.6) is 5.75 Å². The van der Waals surface area contributed by atoms with Gasteiger partial charge in [0.1, 0.15) is 5.75 Å². The van der Waals surface area contributed by atoms with Crippen molar-refractivity contribution in [3.8, 4) is 5.75 Å². The molecule has 0 bridgehead atoms. The van der Waals surface area contributed by atoms with Gasteiger partial charge in [-0.2, -0.15) is 0 Å². The molecule has 0 aliphatic carbocycles. The first kappa shape index (κ1) is 23.3. The Kier molecular flexibility index (Phi) is 7.42. The summed E-state index contributed by atoms with van der Waals surface area (Å²) in [6.45, 7) is 1.11. The molecule has 1 aromatic heterocycles. The molecule has 0 spiro atoms. The van der Waals surface area contributed by atoms with Gasteiger partial charge in [0.25, 0.3) is 15.9 Å². The largest absolute Gasteiger partial charge is 0.495 e. The molecule has 0 aliphatic heterocycles. The summed E-state index contributed by atoms with van der Waals surface area (Å²) in [5.74, 6) is 0.240. The van der Waals surface area contributed by atoms with E-state index in [4.69, 9.17) is 21.1 Å². The number of benzene rings is 2. The highest BCUT2D eigenvalue weighted by Gasteiger charge is 2.23. The number of ether oxygens (including phenoxy) is 2. The van der Waals surface area contributed by atoms with Crippen LogP contribution in [0.2, 0.25) is 5.02 Å². The van der Waals surface area contributed by atoms with E-state index in [0.717, 1.165) is 16.5 Å². The fourth-order valence-corrected chi connectivity index (χ4v) is 5.44. The van der Waals surface area contributed by atoms with Crippen LogP contribution >= 0.6 is 22.9 Å². The second kappa shape index (κ2) is 9.86. The number of sulfonamides is 1. The number of hydrogen-bond acceptors (Lipinski definition) is 6. The molecule has 0 atom stereocenters. The fourth-order valence-electron chi connectivity index (χ4n) is 2.95. The van der Waals surface area contributed by atoms with Crippen molar-refractivity contribution >= 4 is 54.6 Å². The highest BCUT2D eigenvalue weighted by atomic mass is 35.5. The van der Waals surface area contributed by atoms with Crippen LogP contribution in [0.15, 0.2) is 47.4 Å². The minimum absolute atomic E-state index is 0.0577. The number of nitrogens with one attached hydrogen (secondary N) is 1. The number of methoxy groups -OCH3 is 2. The van der Waals surface area contributed by atoms with Gasteiger partial charge in [-0.15, -0.1) is 11.3 Å². The minimum Gasteiger partial charge on any atom is -0.495 e. The highest BCUT2D eigenvalue weighted by molar-refractivity contribution is 7.92. The number of carbonyl (C=O) groups is 1. The zero-order valence-corrected chi connectivity index (χ0v) is 19.7. The lowest BCUT2D eigenvalue weighted by molar-refractivity contribution is 0.0952. The van der Waals surface area contributed by atoms with Crippen LogP contribution in [-0.4, -0.2) is 48.7 Å². The quantitative estimate of drug-likeness (QED) is 0.463. The molecule has 2 aromatic carbocycles. The van der Waals surface area contributed by atoms with E-state index < -0.39 is 10.0 Å². The second-order valence-corrected chi connectivity index (χ2v) is 10.2. The Morgan fingerprint density at radius 3 is 2.61 bits per heavy atom. The lowest BCUT2D eigenvalue weighted by atomic mass is 10.2. The molecular weight excluding hydrogens is 460 g/mol. The monoisotopic (exact) mass is 482 g/mol. The van der Waals surface area contributed by atoms with Crippen LogP contribution in [-0.2, 0) is 14.8 Å². The Hall–Kier alpha value is -2.33. The Morgan fingerprint density at radius 2 is 1.94 bits per heavy atom. The van der Waals surface area contributed by atoms with E-state index in [2.05, 4.69) is 5.32 Å². The number of fused-ring (bicyclic) bond motifs is 1. The minimum atomic E-state index is -3.83. The predicted octanol–water partition coefficient (Wildman–Crippen LogP) is 4.15. The van der Waals surface area contributed by atoms with Crippen molar-refractivity contribution in [3.63, 3.8) is 0 Å². The third kappa shape index (κ3) is 5.12. The molecule has 31 heavy (non-hydrogen) atoms. The number of anilines is 1. The van der Waals surface area contributed by atoms with Gasteiger partial charge < -0.3 is 14.8 Å². The first-order valence-corrected chi connectivity index (χ1v) is 12.0. The molecule has 1 amide bonds. The van der Waals surface area contributed by atoms with Crippen molar-refractivity contribution < 1.29 is 22.7 Å². The van der Waals surface area contributed by atoms with E-state index in [1.807, 2.05) is 6.07 Å². The van der Waals surface area contributed by atoms with E-state index in [1.165, 1.54) is 48.0 Å². The lowest BCUT2D eigenvalue weighted by Crippen LogP contribution is -2.26. The van der Waals surface area contributed by atoms with E-state index in [9.17, 15) is 13.2 Å². The fraction of sp³-hybridized carbons (Fsp3) is 0.286. The van der Waals surface area contributed by atoms with Gasteiger partial charge in [0.05, 0.1) is 27.6 Å². The molecule has 0 unspecified atom stereocenters. The number of thiophene rings is 1. The van der Waals surface area contributed by atoms with Gasteiger partial charge in [-0.05, 0) is 54.3 Å². The van der Waals surface area contributed by atoms with Gasteiger partial charge >= 0.3 is 0 Å². The molecule has 10 heteroatoms. The van der Waals surface area contributed by atoms with Crippen LogP contribution in [0.1, 0.15) is 16.1 Å². The highest BCUT2D eigenvalue weighted by Crippen LogP contribution is 2.33. The number of amides is 1. The van der Waals surface area contributed by atoms with E-state index >= 15 is 0 Å². The van der Waals surface area contributed by atoms with Crippen LogP contribution in [0, 0.1) is 0 Å². The molecule has 3 aromatic rings. The smallest absolute Gasteiger partial charge is 0.264 e. The van der Waals surface area contributed by atoms with Gasteiger partial charge in [0.2, 0.25) is 0 Å². The molecule has 1 N–H and O–H groups in total. The first-order valence-electron chi connectivity index (χ1n) is 9.41. The van der Waals surface area contributed by atoms with Crippen molar-refractivity contribution in [2.45, 2.75) is 11.3 Å². The van der Waals surface area contributed by atoms with E-state index in [1.54, 1.807) is 25.3 Å². The third-order valence-corrected chi connectivity index (χ3v) is 7.87. The maximum Gasteiger partial charge on any atom is 0.264 e. The summed E-state index contributed by atoms with van der Waals surface area (Å²) in [5.41, 5.74) is 0.476. The molecule has 0 saturated carbocycles. The molecule has 166 valence electrons. The Bertz CT molecular complexity index is 1190. The van der Waals surface area contributed by atoms with Crippen LogP contribution in [0.25, 0.3) is 10.1 Å². The lowest BCUT2D eigenvalue weighted by Gasteiger charge is -2.20. The zero-order chi connectivity index (χ0) is 22.6. The normalized spacial score (nSPS) is 11.5. The third-order valence-electron chi connectivity index (χ3n) is 4.68. The van der Waals surface area contributed by atoms with Crippen molar-refractivity contribution in [1.29, 1.82) is 0 Å². The number of rotatable bonds is 9. The standard InChI is InChI=1S/C21H23ClN2O5S2/c1-24(31(26,27)16-6-7-18(29-3)17(22)13-16)15-5-8-19-14(11-15)12-20(30-19)21(25)23-9-4-10-28-2/h5-8,11-13H,4,9-10H2,1-3H3,(H,23,25). The van der Waals surface area contributed by atoms with Gasteiger partial charge in [-0.1, -0.05) is 11.6 Å². The summed E-state index contributed by atoms with van der Waals surface area (Å²) in [5, 5.41) is 3.86. The SMILES string of the molecule is COCCCNC(=O)c1cc2cc(N(C)S(=O)(=O)c3ccc(OC)c(Cl)c3)ccc2s1. The summed E-state index contributed by atoms with van der Waals surface area (Å²) in [6.07, 6.45) is 0.731. The zero-order valence-electron chi connectivity index (χ0n) is 17.3. The number of hydrogen-bond donors (Lipinski definition) is 1. The van der Waals surface area contributed by atoms with Gasteiger partial charge in [0.15, 0.2) is 0 Å². The van der Waals surface area contributed by atoms with Crippen LogP contribution in [0.4, 0.5) is 5.69 Å². The average Bonchev–Trinajstić information content (AvgIpc) is 3.19. The summed E-state index contributed by atoms with van der Waals surface area (Å²) < 4.78 is 38.3. The van der Waals surface area contributed by atoms with Crippen molar-refractivity contribution in [2.75, 3.05) is 38.7 Å². The molecular formula is C21H23ClN2O5S2. The Balaban J connectivity index is 1.83. The van der Waals surface area contributed by atoms with Crippen LogP contribution in [0.3, 0.4) is 0 Å². The summed E-state index contributed by atoms with van der Waals surface area (Å²) in [6, 6.07) is 11.4. The van der Waals surface area contributed by atoms with Crippen molar-refractivity contribution in [1.82, 2.24) is 5.32 Å². The predicted molar refractivity (Wildman–Crippen MR) is 124 cm³/mol. The van der Waals surface area contributed by atoms with E-state index in [-0.39, 0.29) is 15.8 Å². The van der Waals surface area contributed by atoms with Gasteiger partial charge in [-0.25, -0.2) is 8.42 Å². The molecule has 3 rings (SSSR count). The Labute approximate surface area is 190 Å². The number of carbonyl (C=O) groups excluding carboxylic acids is 1. The molecule has 0 aliphatic rings. The summed E-state index contributed by atoms with van der Waals surface area (Å²) in [7, 11) is 0.728. The maximum atomic E-state index is 13.1. The van der Waals surface area contributed by atoms with Crippen molar-refractivity contribution in [2.24, 2.45) is 0 Å². The number of halogens is 1. The second-order valence-electron chi connectivity index (χ2n) is 6.70. The van der Waals surface area contributed by atoms with Crippen molar-refractivity contribution in [3.05, 3.63) is 52.4 Å². The summed E-state index contributed by atoms with van der Waals surface area (Å²) >= 11 is 7.46. The Morgan fingerprint density at radius 1 is 1.16 bits per heavy atom. The topological polar surface area (TPSA) is 84.9 Å². The van der Waals surface area contributed by atoms with Gasteiger partial charge in [0, 0.05) is 32.0 Å². The molecule has 0 radical (unpaired) electrons. The van der Waals surface area contributed by atoms with E-state index in [0.29, 0.717) is 29.5 Å². The number of nitrogens with zero attached hydrogens (tertiary/aromatic N) is 1.